The zero-order valence-electron chi connectivity index (χ0n) is 14.3. The first-order valence-electron chi connectivity index (χ1n) is 8.59. The molecule has 0 radical (unpaired) electrons. The molecular formula is C19H24FN3O. The lowest BCUT2D eigenvalue weighted by Crippen LogP contribution is -2.37. The summed E-state index contributed by atoms with van der Waals surface area (Å²) in [5.74, 6) is 0.569. The number of amides is 1. The van der Waals surface area contributed by atoms with Gasteiger partial charge in [0.05, 0.1) is 5.52 Å². The second-order valence-electron chi connectivity index (χ2n) is 6.64. The van der Waals surface area contributed by atoms with E-state index in [0.717, 1.165) is 61.2 Å². The van der Waals surface area contributed by atoms with Crippen LogP contribution in [0, 0.1) is 18.7 Å². The van der Waals surface area contributed by atoms with Crippen LogP contribution in [0.2, 0.25) is 0 Å². The third-order valence-electron chi connectivity index (χ3n) is 4.83. The summed E-state index contributed by atoms with van der Waals surface area (Å²) in [6.07, 6.45) is 3.18. The number of halogens is 1. The van der Waals surface area contributed by atoms with Crippen LogP contribution in [0.15, 0.2) is 24.3 Å². The maximum Gasteiger partial charge on any atom is 0.219 e. The van der Waals surface area contributed by atoms with Crippen LogP contribution in [0.4, 0.5) is 10.1 Å². The quantitative estimate of drug-likeness (QED) is 0.929. The van der Waals surface area contributed by atoms with Gasteiger partial charge in [-0.3, -0.25) is 9.78 Å². The fourth-order valence-corrected chi connectivity index (χ4v) is 3.42. The van der Waals surface area contributed by atoms with E-state index in [2.05, 4.69) is 10.3 Å². The van der Waals surface area contributed by atoms with Gasteiger partial charge in [-0.25, -0.2) is 4.39 Å². The van der Waals surface area contributed by atoms with Crippen LogP contribution in [0.1, 0.15) is 31.9 Å². The summed E-state index contributed by atoms with van der Waals surface area (Å²) in [5, 5.41) is 4.28. The molecule has 2 aromatic rings. The summed E-state index contributed by atoms with van der Waals surface area (Å²) in [7, 11) is 0. The number of fused-ring (bicyclic) bond motifs is 1. The SMILES string of the molecule is CC(=O)N1CCC(CCNc2cc(C)nc3ccc(F)cc23)CC1. The number of pyridine rings is 1. The van der Waals surface area contributed by atoms with Gasteiger partial charge in [-0.2, -0.15) is 0 Å². The highest BCUT2D eigenvalue weighted by Crippen LogP contribution is 2.25. The number of aromatic nitrogens is 1. The maximum absolute atomic E-state index is 13.5. The van der Waals surface area contributed by atoms with Crippen molar-refractivity contribution in [2.24, 2.45) is 5.92 Å². The maximum atomic E-state index is 13.5. The fraction of sp³-hybridized carbons (Fsp3) is 0.474. The Bertz CT molecular complexity index is 739. The Hall–Kier alpha value is -2.17. The Morgan fingerprint density at radius 3 is 2.79 bits per heavy atom. The molecule has 2 heterocycles. The minimum absolute atomic E-state index is 0.173. The molecule has 1 N–H and O–H groups in total. The highest BCUT2D eigenvalue weighted by atomic mass is 19.1. The lowest BCUT2D eigenvalue weighted by atomic mass is 9.93. The Kier molecular flexibility index (Phi) is 4.97. The summed E-state index contributed by atoms with van der Waals surface area (Å²) in [6, 6.07) is 6.68. The molecule has 0 spiro atoms. The van der Waals surface area contributed by atoms with Gasteiger partial charge in [0.25, 0.3) is 0 Å². The zero-order valence-corrected chi connectivity index (χ0v) is 14.3. The van der Waals surface area contributed by atoms with Gasteiger partial charge in [0.1, 0.15) is 5.82 Å². The van der Waals surface area contributed by atoms with Crippen molar-refractivity contribution in [3.05, 3.63) is 35.8 Å². The van der Waals surface area contributed by atoms with Crippen LogP contribution >= 0.6 is 0 Å². The van der Waals surface area contributed by atoms with E-state index in [-0.39, 0.29) is 11.7 Å². The van der Waals surface area contributed by atoms with Gasteiger partial charge in [-0.1, -0.05) is 0 Å². The van der Waals surface area contributed by atoms with E-state index in [4.69, 9.17) is 0 Å². The van der Waals surface area contributed by atoms with Crippen LogP contribution < -0.4 is 5.32 Å². The molecule has 0 aliphatic carbocycles. The van der Waals surface area contributed by atoms with Crippen molar-refractivity contribution in [2.75, 3.05) is 25.0 Å². The van der Waals surface area contributed by atoms with Gasteiger partial charge in [0.15, 0.2) is 0 Å². The Morgan fingerprint density at radius 2 is 2.08 bits per heavy atom. The average molecular weight is 329 g/mol. The number of hydrogen-bond donors (Lipinski definition) is 1. The molecule has 1 fully saturated rings. The van der Waals surface area contributed by atoms with Gasteiger partial charge in [0.2, 0.25) is 5.91 Å². The summed E-state index contributed by atoms with van der Waals surface area (Å²) < 4.78 is 13.5. The minimum atomic E-state index is -0.243. The first-order valence-corrected chi connectivity index (χ1v) is 8.59. The molecule has 1 aliphatic heterocycles. The molecule has 0 bridgehead atoms. The van der Waals surface area contributed by atoms with Crippen molar-refractivity contribution in [1.82, 2.24) is 9.88 Å². The first-order chi connectivity index (χ1) is 11.5. The molecule has 0 unspecified atom stereocenters. The second-order valence-corrected chi connectivity index (χ2v) is 6.64. The highest BCUT2D eigenvalue weighted by Gasteiger charge is 2.20. The van der Waals surface area contributed by atoms with Crippen LogP contribution in [0.5, 0.6) is 0 Å². The number of carbonyl (C=O) groups is 1. The normalized spacial score (nSPS) is 15.7. The van der Waals surface area contributed by atoms with E-state index in [1.165, 1.54) is 12.1 Å². The fourth-order valence-electron chi connectivity index (χ4n) is 3.42. The number of rotatable bonds is 4. The van der Waals surface area contributed by atoms with Crippen molar-refractivity contribution >= 4 is 22.5 Å². The van der Waals surface area contributed by atoms with E-state index >= 15 is 0 Å². The summed E-state index contributed by atoms with van der Waals surface area (Å²) in [6.45, 7) is 6.16. The number of anilines is 1. The van der Waals surface area contributed by atoms with Gasteiger partial charge < -0.3 is 10.2 Å². The lowest BCUT2D eigenvalue weighted by molar-refractivity contribution is -0.130. The topological polar surface area (TPSA) is 45.2 Å². The molecule has 1 aromatic carbocycles. The molecule has 1 saturated heterocycles. The average Bonchev–Trinajstić information content (AvgIpc) is 2.56. The number of piperidine rings is 1. The molecule has 3 rings (SSSR count). The predicted molar refractivity (Wildman–Crippen MR) is 94.5 cm³/mol. The standard InChI is InChI=1S/C19H24FN3O/c1-13-11-19(17-12-16(20)3-4-18(17)22-13)21-8-5-15-6-9-23(10-7-15)14(2)24/h3-4,11-12,15H,5-10H2,1-2H3,(H,21,22). The zero-order chi connectivity index (χ0) is 17.1. The van der Waals surface area contributed by atoms with Gasteiger partial charge in [-0.05, 0) is 56.4 Å². The number of carbonyl (C=O) groups excluding carboxylic acids is 1. The molecule has 0 saturated carbocycles. The second kappa shape index (κ2) is 7.16. The number of aryl methyl sites for hydroxylation is 1. The Balaban J connectivity index is 1.60. The first kappa shape index (κ1) is 16.7. The van der Waals surface area contributed by atoms with Crippen molar-refractivity contribution in [2.45, 2.75) is 33.1 Å². The number of nitrogens with zero attached hydrogens (tertiary/aromatic N) is 2. The number of benzene rings is 1. The smallest absolute Gasteiger partial charge is 0.219 e. The minimum Gasteiger partial charge on any atom is -0.384 e. The van der Waals surface area contributed by atoms with Crippen LogP contribution in [0.3, 0.4) is 0 Å². The van der Waals surface area contributed by atoms with Crippen molar-refractivity contribution in [1.29, 1.82) is 0 Å². The molecule has 4 nitrogen and oxygen atoms in total. The Labute approximate surface area is 142 Å². The molecule has 1 aliphatic rings. The molecule has 1 aromatic heterocycles. The number of hydrogen-bond acceptors (Lipinski definition) is 3. The van der Waals surface area contributed by atoms with Crippen LogP contribution in [-0.2, 0) is 4.79 Å². The Morgan fingerprint density at radius 1 is 1.33 bits per heavy atom. The van der Waals surface area contributed by atoms with Crippen molar-refractivity contribution < 1.29 is 9.18 Å². The van der Waals surface area contributed by atoms with Gasteiger partial charge in [0, 0.05) is 43.3 Å². The molecule has 5 heteroatoms. The molecular weight excluding hydrogens is 305 g/mol. The summed E-state index contributed by atoms with van der Waals surface area (Å²) in [5.41, 5.74) is 2.68. The molecule has 24 heavy (non-hydrogen) atoms. The monoisotopic (exact) mass is 329 g/mol. The number of likely N-dealkylation sites (tertiary alicyclic amines) is 1. The largest absolute Gasteiger partial charge is 0.384 e. The number of nitrogens with one attached hydrogen (secondary N) is 1. The van der Waals surface area contributed by atoms with Crippen molar-refractivity contribution in [3.63, 3.8) is 0 Å². The highest BCUT2D eigenvalue weighted by molar-refractivity contribution is 5.91. The van der Waals surface area contributed by atoms with Gasteiger partial charge in [-0.15, -0.1) is 0 Å². The van der Waals surface area contributed by atoms with Gasteiger partial charge >= 0.3 is 0 Å². The van der Waals surface area contributed by atoms with E-state index in [1.54, 1.807) is 13.0 Å². The van der Waals surface area contributed by atoms with E-state index < -0.39 is 0 Å². The van der Waals surface area contributed by atoms with Crippen LogP contribution in [0.25, 0.3) is 10.9 Å². The molecule has 0 atom stereocenters. The van der Waals surface area contributed by atoms with E-state index in [9.17, 15) is 9.18 Å². The third-order valence-corrected chi connectivity index (χ3v) is 4.83. The van der Waals surface area contributed by atoms with Crippen LogP contribution in [-0.4, -0.2) is 35.4 Å². The predicted octanol–water partition coefficient (Wildman–Crippen LogP) is 3.74. The summed E-state index contributed by atoms with van der Waals surface area (Å²) >= 11 is 0. The molecule has 128 valence electrons. The van der Waals surface area contributed by atoms with E-state index in [1.807, 2.05) is 17.9 Å². The lowest BCUT2D eigenvalue weighted by Gasteiger charge is -2.31. The summed E-state index contributed by atoms with van der Waals surface area (Å²) in [4.78, 5) is 17.7. The van der Waals surface area contributed by atoms with E-state index in [0.29, 0.717) is 5.92 Å². The third kappa shape index (κ3) is 3.83. The molecule has 1 amide bonds. The van der Waals surface area contributed by atoms with Crippen molar-refractivity contribution in [3.8, 4) is 0 Å².